The molecule has 3 aromatic rings. The van der Waals surface area contributed by atoms with E-state index >= 15 is 0 Å². The smallest absolute Gasteiger partial charge is 0.282 e. The molecule has 0 fully saturated rings. The fourth-order valence-corrected chi connectivity index (χ4v) is 3.04. The number of ether oxygens (including phenoxy) is 1. The number of aryl methyl sites for hydroxylation is 1. The predicted molar refractivity (Wildman–Crippen MR) is 107 cm³/mol. The SMILES string of the molecule is Cc1ccc2c(c1)NC(=O)c1cc(NC(=O)c3ccccc3[N+](=O)[O-])ccc1O2. The molecule has 0 atom stereocenters. The Bertz CT molecular complexity index is 1170. The normalized spacial score (nSPS) is 12.0. The zero-order valence-corrected chi connectivity index (χ0v) is 15.3. The summed E-state index contributed by atoms with van der Waals surface area (Å²) in [4.78, 5) is 35.7. The van der Waals surface area contributed by atoms with E-state index in [4.69, 9.17) is 4.74 Å². The number of amides is 2. The van der Waals surface area contributed by atoms with Gasteiger partial charge in [-0.3, -0.25) is 19.7 Å². The molecule has 0 unspecified atom stereocenters. The molecular weight excluding hydrogens is 374 g/mol. The zero-order chi connectivity index (χ0) is 20.5. The molecule has 0 aliphatic carbocycles. The first-order valence-corrected chi connectivity index (χ1v) is 8.71. The number of nitrogens with one attached hydrogen (secondary N) is 2. The molecule has 8 nitrogen and oxygen atoms in total. The van der Waals surface area contributed by atoms with Crippen LogP contribution >= 0.6 is 0 Å². The Hall–Kier alpha value is -4.20. The van der Waals surface area contributed by atoms with Crippen LogP contribution in [-0.2, 0) is 0 Å². The van der Waals surface area contributed by atoms with Crippen LogP contribution in [0.4, 0.5) is 17.1 Å². The van der Waals surface area contributed by atoms with E-state index in [0.29, 0.717) is 22.9 Å². The Morgan fingerprint density at radius 1 is 1.07 bits per heavy atom. The summed E-state index contributed by atoms with van der Waals surface area (Å²) in [5, 5.41) is 16.5. The van der Waals surface area contributed by atoms with Gasteiger partial charge in [0, 0.05) is 11.8 Å². The van der Waals surface area contributed by atoms with Crippen LogP contribution in [0, 0.1) is 17.0 Å². The molecule has 0 bridgehead atoms. The van der Waals surface area contributed by atoms with Crippen molar-refractivity contribution in [2.45, 2.75) is 6.92 Å². The average Bonchev–Trinajstić information content (AvgIpc) is 2.83. The number of hydrogen-bond donors (Lipinski definition) is 2. The van der Waals surface area contributed by atoms with Crippen molar-refractivity contribution in [1.29, 1.82) is 0 Å². The molecule has 1 aliphatic rings. The highest BCUT2D eigenvalue weighted by atomic mass is 16.6. The standard InChI is InChI=1S/C21H15N3O5/c1-12-6-8-19-16(10-12)23-21(26)15-11-13(7-9-18(15)29-19)22-20(25)14-4-2-3-5-17(14)24(27)28/h2-11H,1H3,(H,22,25)(H,23,26). The van der Waals surface area contributed by atoms with Gasteiger partial charge in [0.1, 0.15) is 11.3 Å². The van der Waals surface area contributed by atoms with Crippen molar-refractivity contribution >= 4 is 28.9 Å². The molecule has 1 heterocycles. The fourth-order valence-electron chi connectivity index (χ4n) is 3.04. The van der Waals surface area contributed by atoms with Gasteiger partial charge in [-0.25, -0.2) is 0 Å². The van der Waals surface area contributed by atoms with Crippen LogP contribution in [-0.4, -0.2) is 16.7 Å². The van der Waals surface area contributed by atoms with Gasteiger partial charge in [0.15, 0.2) is 5.75 Å². The lowest BCUT2D eigenvalue weighted by molar-refractivity contribution is -0.385. The zero-order valence-electron chi connectivity index (χ0n) is 15.3. The Labute approximate surface area is 165 Å². The van der Waals surface area contributed by atoms with Crippen molar-refractivity contribution < 1.29 is 19.2 Å². The molecule has 2 amide bonds. The number of anilines is 2. The maximum atomic E-state index is 12.6. The number of nitro benzene ring substituents is 1. The third-order valence-electron chi connectivity index (χ3n) is 4.43. The molecule has 4 rings (SSSR count). The number of para-hydroxylation sites is 1. The number of carbonyl (C=O) groups excluding carboxylic acids is 2. The molecule has 0 radical (unpaired) electrons. The van der Waals surface area contributed by atoms with Crippen LogP contribution in [0.15, 0.2) is 60.7 Å². The Kier molecular flexibility index (Phi) is 4.44. The second kappa shape index (κ2) is 7.08. The van der Waals surface area contributed by atoms with E-state index in [-0.39, 0.29) is 22.7 Å². The van der Waals surface area contributed by atoms with Gasteiger partial charge in [0.25, 0.3) is 17.5 Å². The van der Waals surface area contributed by atoms with Crippen molar-refractivity contribution in [3.63, 3.8) is 0 Å². The summed E-state index contributed by atoms with van der Waals surface area (Å²) in [5.74, 6) is -0.176. The highest BCUT2D eigenvalue weighted by Crippen LogP contribution is 2.37. The van der Waals surface area contributed by atoms with Gasteiger partial charge in [-0.2, -0.15) is 0 Å². The number of nitro groups is 1. The third kappa shape index (κ3) is 3.51. The van der Waals surface area contributed by atoms with Crippen LogP contribution in [0.5, 0.6) is 11.5 Å². The second-order valence-electron chi connectivity index (χ2n) is 6.50. The number of fused-ring (bicyclic) bond motifs is 2. The topological polar surface area (TPSA) is 111 Å². The predicted octanol–water partition coefficient (Wildman–Crippen LogP) is 4.51. The fraction of sp³-hybridized carbons (Fsp3) is 0.0476. The van der Waals surface area contributed by atoms with Crippen LogP contribution in [0.2, 0.25) is 0 Å². The molecule has 0 aromatic heterocycles. The quantitative estimate of drug-likeness (QED) is 0.506. The summed E-state index contributed by atoms with van der Waals surface area (Å²) in [7, 11) is 0. The Morgan fingerprint density at radius 2 is 1.83 bits per heavy atom. The van der Waals surface area contributed by atoms with E-state index in [0.717, 1.165) is 5.56 Å². The van der Waals surface area contributed by atoms with Gasteiger partial charge in [0.2, 0.25) is 0 Å². The molecule has 1 aliphatic heterocycles. The number of benzene rings is 3. The molecule has 0 spiro atoms. The second-order valence-corrected chi connectivity index (χ2v) is 6.50. The summed E-state index contributed by atoms with van der Waals surface area (Å²) in [6, 6.07) is 15.7. The maximum absolute atomic E-state index is 12.6. The molecule has 0 saturated carbocycles. The minimum atomic E-state index is -0.647. The highest BCUT2D eigenvalue weighted by molar-refractivity contribution is 6.10. The van der Waals surface area contributed by atoms with Crippen molar-refractivity contribution in [2.75, 3.05) is 10.6 Å². The molecule has 8 heteroatoms. The van der Waals surface area contributed by atoms with E-state index in [1.54, 1.807) is 30.3 Å². The van der Waals surface area contributed by atoms with Crippen molar-refractivity contribution in [2.24, 2.45) is 0 Å². The van der Waals surface area contributed by atoms with Gasteiger partial charge in [0.05, 0.1) is 16.2 Å². The molecular formula is C21H15N3O5. The first-order valence-electron chi connectivity index (χ1n) is 8.71. The molecule has 29 heavy (non-hydrogen) atoms. The Morgan fingerprint density at radius 3 is 2.62 bits per heavy atom. The monoisotopic (exact) mass is 389 g/mol. The van der Waals surface area contributed by atoms with Gasteiger partial charge in [-0.1, -0.05) is 18.2 Å². The summed E-state index contributed by atoms with van der Waals surface area (Å²) in [5.41, 5.74) is 1.70. The van der Waals surface area contributed by atoms with Gasteiger partial charge in [-0.15, -0.1) is 0 Å². The first kappa shape index (κ1) is 18.2. The lowest BCUT2D eigenvalue weighted by Crippen LogP contribution is -2.15. The van der Waals surface area contributed by atoms with Crippen LogP contribution in [0.1, 0.15) is 26.3 Å². The summed E-state index contributed by atoms with van der Waals surface area (Å²) < 4.78 is 5.84. The van der Waals surface area contributed by atoms with Gasteiger partial charge in [-0.05, 0) is 48.9 Å². The number of rotatable bonds is 3. The lowest BCUT2D eigenvalue weighted by Gasteiger charge is -2.10. The van der Waals surface area contributed by atoms with E-state index in [2.05, 4.69) is 10.6 Å². The van der Waals surface area contributed by atoms with Crippen LogP contribution in [0.3, 0.4) is 0 Å². The van der Waals surface area contributed by atoms with E-state index in [1.165, 1.54) is 24.3 Å². The Balaban J connectivity index is 1.64. The van der Waals surface area contributed by atoms with Crippen molar-refractivity contribution in [3.8, 4) is 11.5 Å². The summed E-state index contributed by atoms with van der Waals surface area (Å²) >= 11 is 0. The first-order chi connectivity index (χ1) is 13.9. The lowest BCUT2D eigenvalue weighted by atomic mass is 10.1. The van der Waals surface area contributed by atoms with E-state index in [9.17, 15) is 19.7 Å². The van der Waals surface area contributed by atoms with Crippen LogP contribution < -0.4 is 15.4 Å². The van der Waals surface area contributed by atoms with Gasteiger partial charge < -0.3 is 15.4 Å². The summed E-state index contributed by atoms with van der Waals surface area (Å²) in [6.07, 6.45) is 0. The minimum Gasteiger partial charge on any atom is -0.454 e. The molecule has 0 saturated heterocycles. The average molecular weight is 389 g/mol. The van der Waals surface area contributed by atoms with E-state index in [1.807, 2.05) is 13.0 Å². The molecule has 2 N–H and O–H groups in total. The third-order valence-corrected chi connectivity index (χ3v) is 4.43. The van der Waals surface area contributed by atoms with Crippen LogP contribution in [0.25, 0.3) is 0 Å². The maximum Gasteiger partial charge on any atom is 0.282 e. The largest absolute Gasteiger partial charge is 0.454 e. The number of carbonyl (C=O) groups is 2. The van der Waals surface area contributed by atoms with E-state index < -0.39 is 10.8 Å². The van der Waals surface area contributed by atoms with Crippen molar-refractivity contribution in [1.82, 2.24) is 0 Å². The van der Waals surface area contributed by atoms with Gasteiger partial charge >= 0.3 is 0 Å². The minimum absolute atomic E-state index is 0.0731. The van der Waals surface area contributed by atoms with Crippen molar-refractivity contribution in [3.05, 3.63) is 87.5 Å². The molecule has 144 valence electrons. The highest BCUT2D eigenvalue weighted by Gasteiger charge is 2.23. The number of hydrogen-bond acceptors (Lipinski definition) is 5. The molecule has 3 aromatic carbocycles. The summed E-state index contributed by atoms with van der Waals surface area (Å²) in [6.45, 7) is 1.90. The number of nitrogens with zero attached hydrogens (tertiary/aromatic N) is 1.